The van der Waals surface area contributed by atoms with Crippen LogP contribution in [0.5, 0.6) is 0 Å². The molecule has 92 valence electrons. The summed E-state index contributed by atoms with van der Waals surface area (Å²) >= 11 is 1.63. The molecule has 1 aliphatic carbocycles. The summed E-state index contributed by atoms with van der Waals surface area (Å²) in [5.74, 6) is 0.0617. The molecule has 0 amide bonds. The lowest BCUT2D eigenvalue weighted by Gasteiger charge is -2.26. The van der Waals surface area contributed by atoms with Crippen LogP contribution in [0, 0.1) is 5.92 Å². The van der Waals surface area contributed by atoms with E-state index in [4.69, 9.17) is 4.74 Å². The van der Waals surface area contributed by atoms with Crippen LogP contribution in [0.15, 0.2) is 28.5 Å². The molecular formula is C14H18O2S. The first-order valence-electron chi connectivity index (χ1n) is 5.99. The maximum Gasteiger partial charge on any atom is 0.313 e. The Morgan fingerprint density at radius 1 is 1.59 bits per heavy atom. The van der Waals surface area contributed by atoms with E-state index in [0.29, 0.717) is 5.92 Å². The number of hydrogen-bond acceptors (Lipinski definition) is 3. The molecular weight excluding hydrogens is 232 g/mol. The first kappa shape index (κ1) is 12.4. The minimum absolute atomic E-state index is 0.112. The van der Waals surface area contributed by atoms with Gasteiger partial charge in [-0.05, 0) is 54.5 Å². The summed E-state index contributed by atoms with van der Waals surface area (Å²) in [6.07, 6.45) is 5.66. The number of methoxy groups -OCH3 is 1. The molecule has 0 saturated carbocycles. The van der Waals surface area contributed by atoms with Gasteiger partial charge in [0.25, 0.3) is 0 Å². The van der Waals surface area contributed by atoms with E-state index in [1.54, 1.807) is 11.3 Å². The van der Waals surface area contributed by atoms with Gasteiger partial charge in [-0.25, -0.2) is 0 Å². The van der Waals surface area contributed by atoms with E-state index in [9.17, 15) is 4.79 Å². The van der Waals surface area contributed by atoms with Gasteiger partial charge >= 0.3 is 5.97 Å². The monoisotopic (exact) mass is 250 g/mol. The molecule has 2 nitrogen and oxygen atoms in total. The van der Waals surface area contributed by atoms with Crippen molar-refractivity contribution in [2.45, 2.75) is 32.1 Å². The molecule has 2 atom stereocenters. The summed E-state index contributed by atoms with van der Waals surface area (Å²) in [6, 6.07) is 2.03. The molecule has 0 bridgehead atoms. The Morgan fingerprint density at radius 2 is 2.41 bits per heavy atom. The van der Waals surface area contributed by atoms with Gasteiger partial charge in [-0.3, -0.25) is 4.79 Å². The molecule has 3 heteroatoms. The number of thiophene rings is 1. The molecule has 0 spiro atoms. The molecule has 0 saturated heterocycles. The molecule has 2 rings (SSSR count). The summed E-state index contributed by atoms with van der Waals surface area (Å²) in [6.45, 7) is 2.15. The second kappa shape index (κ2) is 5.50. The van der Waals surface area contributed by atoms with E-state index < -0.39 is 0 Å². The maximum atomic E-state index is 12.0. The van der Waals surface area contributed by atoms with Crippen molar-refractivity contribution in [1.29, 1.82) is 0 Å². The first-order chi connectivity index (χ1) is 8.22. The standard InChI is InChI=1S/C14H18O2S/c1-10-4-3-5-11(8-10)13(14(15)16-2)12-6-7-17-9-12/h6-9,11,13H,3-5H2,1-2H3/t11-,13+/m0/s1. The molecule has 1 aliphatic rings. The van der Waals surface area contributed by atoms with Crippen LogP contribution in [0.4, 0.5) is 0 Å². The smallest absolute Gasteiger partial charge is 0.313 e. The Balaban J connectivity index is 2.27. The van der Waals surface area contributed by atoms with Crippen molar-refractivity contribution in [1.82, 2.24) is 0 Å². The second-order valence-corrected chi connectivity index (χ2v) is 5.41. The lowest BCUT2D eigenvalue weighted by molar-refractivity contribution is -0.143. The van der Waals surface area contributed by atoms with Gasteiger partial charge in [0, 0.05) is 0 Å². The Kier molecular flexibility index (Phi) is 4.00. The van der Waals surface area contributed by atoms with Gasteiger partial charge in [-0.15, -0.1) is 0 Å². The van der Waals surface area contributed by atoms with E-state index in [0.717, 1.165) is 18.4 Å². The van der Waals surface area contributed by atoms with Crippen molar-refractivity contribution < 1.29 is 9.53 Å². The van der Waals surface area contributed by atoms with Crippen LogP contribution < -0.4 is 0 Å². The highest BCUT2D eigenvalue weighted by molar-refractivity contribution is 7.08. The molecule has 0 radical (unpaired) electrons. The molecule has 17 heavy (non-hydrogen) atoms. The molecule has 1 aromatic rings. The van der Waals surface area contributed by atoms with Crippen molar-refractivity contribution >= 4 is 17.3 Å². The zero-order valence-corrected chi connectivity index (χ0v) is 11.1. The predicted molar refractivity (Wildman–Crippen MR) is 70.2 cm³/mol. The quantitative estimate of drug-likeness (QED) is 0.603. The number of hydrogen-bond donors (Lipinski definition) is 0. The maximum absolute atomic E-state index is 12.0. The highest BCUT2D eigenvalue weighted by atomic mass is 32.1. The molecule has 1 heterocycles. The fourth-order valence-electron chi connectivity index (χ4n) is 2.55. The Labute approximate surface area is 106 Å². The molecule has 0 aromatic carbocycles. The summed E-state index contributed by atoms with van der Waals surface area (Å²) in [5.41, 5.74) is 2.49. The van der Waals surface area contributed by atoms with Gasteiger partial charge in [0.05, 0.1) is 13.0 Å². The van der Waals surface area contributed by atoms with Crippen molar-refractivity contribution in [3.8, 4) is 0 Å². The van der Waals surface area contributed by atoms with Gasteiger partial charge in [0.1, 0.15) is 0 Å². The molecule has 0 fully saturated rings. The van der Waals surface area contributed by atoms with Gasteiger partial charge < -0.3 is 4.74 Å². The number of rotatable bonds is 3. The van der Waals surface area contributed by atoms with Crippen molar-refractivity contribution in [3.63, 3.8) is 0 Å². The zero-order chi connectivity index (χ0) is 12.3. The van der Waals surface area contributed by atoms with Crippen LogP contribution in [0.1, 0.15) is 37.7 Å². The third kappa shape index (κ3) is 2.78. The van der Waals surface area contributed by atoms with Gasteiger partial charge in [-0.1, -0.05) is 11.6 Å². The SMILES string of the molecule is COC(=O)[C@@H](c1ccsc1)[C@@H]1C=C(C)CCC1. The molecule has 1 aromatic heterocycles. The highest BCUT2D eigenvalue weighted by Gasteiger charge is 2.30. The zero-order valence-electron chi connectivity index (χ0n) is 10.3. The van der Waals surface area contributed by atoms with Crippen LogP contribution in [0.2, 0.25) is 0 Å². The third-order valence-electron chi connectivity index (χ3n) is 3.39. The van der Waals surface area contributed by atoms with Crippen LogP contribution in [0.25, 0.3) is 0 Å². The Bertz CT molecular complexity index is 406. The van der Waals surface area contributed by atoms with Crippen molar-refractivity contribution in [2.24, 2.45) is 5.92 Å². The summed E-state index contributed by atoms with van der Waals surface area (Å²) < 4.78 is 4.96. The molecule has 0 N–H and O–H groups in total. The van der Waals surface area contributed by atoms with Gasteiger partial charge in [0.15, 0.2) is 0 Å². The number of carbonyl (C=O) groups is 1. The predicted octanol–water partition coefficient (Wildman–Crippen LogP) is 3.75. The number of allylic oxidation sites excluding steroid dienone is 2. The largest absolute Gasteiger partial charge is 0.469 e. The number of ether oxygens (including phenoxy) is 1. The fraction of sp³-hybridized carbons (Fsp3) is 0.500. The lowest BCUT2D eigenvalue weighted by Crippen LogP contribution is -2.23. The lowest BCUT2D eigenvalue weighted by atomic mass is 9.79. The van der Waals surface area contributed by atoms with Crippen LogP contribution in [0.3, 0.4) is 0 Å². The number of esters is 1. The average molecular weight is 250 g/mol. The van der Waals surface area contributed by atoms with Crippen molar-refractivity contribution in [2.75, 3.05) is 7.11 Å². The average Bonchev–Trinajstić information content (AvgIpc) is 2.83. The van der Waals surface area contributed by atoms with Gasteiger partial charge in [-0.2, -0.15) is 11.3 Å². The fourth-order valence-corrected chi connectivity index (χ4v) is 3.25. The van der Waals surface area contributed by atoms with Crippen LogP contribution >= 0.6 is 11.3 Å². The first-order valence-corrected chi connectivity index (χ1v) is 6.94. The molecule has 0 aliphatic heterocycles. The summed E-state index contributed by atoms with van der Waals surface area (Å²) in [7, 11) is 1.47. The Hall–Kier alpha value is -1.09. The van der Waals surface area contributed by atoms with E-state index in [1.165, 1.54) is 19.1 Å². The van der Waals surface area contributed by atoms with E-state index in [-0.39, 0.29) is 11.9 Å². The van der Waals surface area contributed by atoms with E-state index in [1.807, 2.05) is 11.4 Å². The van der Waals surface area contributed by atoms with Crippen LogP contribution in [-0.4, -0.2) is 13.1 Å². The van der Waals surface area contributed by atoms with Gasteiger partial charge in [0.2, 0.25) is 0 Å². The third-order valence-corrected chi connectivity index (χ3v) is 4.09. The second-order valence-electron chi connectivity index (χ2n) is 4.63. The minimum Gasteiger partial charge on any atom is -0.469 e. The summed E-state index contributed by atoms with van der Waals surface area (Å²) in [5, 5.41) is 4.07. The number of carbonyl (C=O) groups excluding carboxylic acids is 1. The summed E-state index contributed by atoms with van der Waals surface area (Å²) in [4.78, 5) is 12.0. The normalized spacial score (nSPS) is 21.8. The molecule has 0 unspecified atom stereocenters. The highest BCUT2D eigenvalue weighted by Crippen LogP contribution is 2.36. The van der Waals surface area contributed by atoms with E-state index in [2.05, 4.69) is 18.4 Å². The topological polar surface area (TPSA) is 26.3 Å². The van der Waals surface area contributed by atoms with Crippen molar-refractivity contribution in [3.05, 3.63) is 34.0 Å². The van der Waals surface area contributed by atoms with Crippen LogP contribution in [-0.2, 0) is 9.53 Å². The minimum atomic E-state index is -0.124. The Morgan fingerprint density at radius 3 is 3.00 bits per heavy atom. The van der Waals surface area contributed by atoms with E-state index >= 15 is 0 Å².